The van der Waals surface area contributed by atoms with E-state index in [1.807, 2.05) is 0 Å². The molecule has 0 bridgehead atoms. The molecule has 2 rings (SSSR count). The van der Waals surface area contributed by atoms with Gasteiger partial charge >= 0.3 is 0 Å². The Hall–Kier alpha value is -0.960. The molecule has 1 amide bonds. The molecular formula is C15H26FNO10. The van der Waals surface area contributed by atoms with Crippen LogP contribution in [-0.2, 0) is 23.7 Å². The van der Waals surface area contributed by atoms with Crippen LogP contribution in [0.15, 0.2) is 0 Å². The van der Waals surface area contributed by atoms with Crippen LogP contribution < -0.4 is 5.32 Å². The van der Waals surface area contributed by atoms with Crippen LogP contribution in [0.25, 0.3) is 0 Å². The maximum absolute atomic E-state index is 14.7. The number of alkyl halides is 1. The monoisotopic (exact) mass is 399 g/mol. The van der Waals surface area contributed by atoms with Crippen molar-refractivity contribution in [2.45, 2.75) is 68.3 Å². The Morgan fingerprint density at radius 2 is 1.63 bits per heavy atom. The van der Waals surface area contributed by atoms with Crippen molar-refractivity contribution in [1.82, 2.24) is 5.32 Å². The lowest BCUT2D eigenvalue weighted by atomic mass is 9.95. The predicted molar refractivity (Wildman–Crippen MR) is 83.9 cm³/mol. The molecule has 2 saturated heterocycles. The second kappa shape index (κ2) is 9.49. The lowest BCUT2D eigenvalue weighted by Gasteiger charge is -2.46. The first-order valence-corrected chi connectivity index (χ1v) is 8.41. The molecule has 11 nitrogen and oxygen atoms in total. The number of methoxy groups -OCH3 is 1. The molecule has 0 saturated carbocycles. The van der Waals surface area contributed by atoms with Gasteiger partial charge in [0.2, 0.25) is 5.91 Å². The summed E-state index contributed by atoms with van der Waals surface area (Å²) in [6.45, 7) is -0.169. The summed E-state index contributed by atoms with van der Waals surface area (Å²) in [6.07, 6.45) is -13.7. The van der Waals surface area contributed by atoms with E-state index in [9.17, 15) is 34.7 Å². The molecule has 0 aromatic rings. The highest BCUT2D eigenvalue weighted by molar-refractivity contribution is 5.73. The van der Waals surface area contributed by atoms with Gasteiger partial charge in [0.1, 0.15) is 42.7 Å². The number of amides is 1. The number of hydrogen-bond donors (Lipinski definition) is 6. The van der Waals surface area contributed by atoms with Gasteiger partial charge in [-0.25, -0.2) is 4.39 Å². The van der Waals surface area contributed by atoms with E-state index in [1.165, 1.54) is 0 Å². The van der Waals surface area contributed by atoms with E-state index < -0.39 is 80.5 Å². The van der Waals surface area contributed by atoms with Crippen molar-refractivity contribution in [2.24, 2.45) is 0 Å². The van der Waals surface area contributed by atoms with Gasteiger partial charge in [-0.3, -0.25) is 4.79 Å². The molecule has 10 atom stereocenters. The van der Waals surface area contributed by atoms with Crippen molar-refractivity contribution >= 4 is 5.91 Å². The smallest absolute Gasteiger partial charge is 0.217 e. The van der Waals surface area contributed by atoms with E-state index in [-0.39, 0.29) is 0 Å². The molecule has 2 aliphatic heterocycles. The molecular weight excluding hydrogens is 373 g/mol. The Bertz CT molecular complexity index is 499. The van der Waals surface area contributed by atoms with Gasteiger partial charge in [0.25, 0.3) is 0 Å². The number of aliphatic hydroxyl groups excluding tert-OH is 5. The third-order valence-corrected chi connectivity index (χ3v) is 4.59. The van der Waals surface area contributed by atoms with Crippen molar-refractivity contribution < 1.29 is 53.7 Å². The lowest BCUT2D eigenvalue weighted by molar-refractivity contribution is -0.334. The first-order valence-electron chi connectivity index (χ1n) is 8.41. The molecule has 2 fully saturated rings. The fraction of sp³-hybridized carbons (Fsp3) is 0.933. The van der Waals surface area contributed by atoms with Crippen LogP contribution in [0.3, 0.4) is 0 Å². The van der Waals surface area contributed by atoms with Crippen molar-refractivity contribution in [2.75, 3.05) is 20.3 Å². The Morgan fingerprint density at radius 3 is 2.15 bits per heavy atom. The van der Waals surface area contributed by atoms with Crippen LogP contribution in [0.1, 0.15) is 6.92 Å². The number of rotatable bonds is 6. The minimum absolute atomic E-state index is 0.578. The maximum atomic E-state index is 14.7. The fourth-order valence-electron chi connectivity index (χ4n) is 3.20. The van der Waals surface area contributed by atoms with Gasteiger partial charge in [0, 0.05) is 14.0 Å². The predicted octanol–water partition coefficient (Wildman–Crippen LogP) is -3.62. The van der Waals surface area contributed by atoms with Crippen LogP contribution in [0.4, 0.5) is 4.39 Å². The summed E-state index contributed by atoms with van der Waals surface area (Å²) in [4.78, 5) is 11.4. The van der Waals surface area contributed by atoms with Gasteiger partial charge in [0.15, 0.2) is 18.8 Å². The van der Waals surface area contributed by atoms with Gasteiger partial charge < -0.3 is 49.8 Å². The third kappa shape index (κ3) is 4.72. The molecule has 0 unspecified atom stereocenters. The average molecular weight is 399 g/mol. The van der Waals surface area contributed by atoms with Crippen molar-refractivity contribution in [3.63, 3.8) is 0 Å². The summed E-state index contributed by atoms with van der Waals surface area (Å²) in [6, 6.07) is -1.29. The number of aliphatic hydroxyl groups is 5. The second-order valence-corrected chi connectivity index (χ2v) is 6.43. The fourth-order valence-corrected chi connectivity index (χ4v) is 3.20. The Morgan fingerprint density at radius 1 is 1.07 bits per heavy atom. The summed E-state index contributed by atoms with van der Waals surface area (Å²) in [5, 5.41) is 51.3. The Labute approximate surface area is 154 Å². The van der Waals surface area contributed by atoms with Crippen LogP contribution in [0, 0.1) is 0 Å². The van der Waals surface area contributed by atoms with E-state index in [0.29, 0.717) is 0 Å². The number of carbonyl (C=O) groups is 1. The van der Waals surface area contributed by atoms with E-state index in [2.05, 4.69) is 5.32 Å². The Kier molecular flexibility index (Phi) is 7.85. The van der Waals surface area contributed by atoms with Gasteiger partial charge in [-0.1, -0.05) is 0 Å². The van der Waals surface area contributed by atoms with Crippen LogP contribution in [0.2, 0.25) is 0 Å². The highest BCUT2D eigenvalue weighted by Crippen LogP contribution is 2.30. The lowest BCUT2D eigenvalue weighted by Crippen LogP contribution is -2.67. The zero-order valence-electron chi connectivity index (χ0n) is 14.8. The SMILES string of the molecule is CO[C@H]1[C@@H](O)[C@@H](CO)O[C@@H](O[C@H]2[C@H](O)[C@@H](CO)O[C@@H](O)[C@@H]2NC(C)=O)[C@@H]1F. The summed E-state index contributed by atoms with van der Waals surface area (Å²) in [5.41, 5.74) is 0. The third-order valence-electron chi connectivity index (χ3n) is 4.59. The van der Waals surface area contributed by atoms with Crippen LogP contribution in [-0.4, -0.2) is 113 Å². The largest absolute Gasteiger partial charge is 0.394 e. The highest BCUT2D eigenvalue weighted by atomic mass is 19.1. The summed E-state index contributed by atoms with van der Waals surface area (Å²) >= 11 is 0. The van der Waals surface area contributed by atoms with Crippen molar-refractivity contribution in [3.8, 4) is 0 Å². The summed E-state index contributed by atoms with van der Waals surface area (Å²) in [5.74, 6) is -0.578. The van der Waals surface area contributed by atoms with Gasteiger partial charge in [-0.05, 0) is 0 Å². The number of carbonyl (C=O) groups excluding carboxylic acids is 1. The number of ether oxygens (including phenoxy) is 4. The van der Waals surface area contributed by atoms with E-state index >= 15 is 0 Å². The summed E-state index contributed by atoms with van der Waals surface area (Å²) in [7, 11) is 1.16. The first kappa shape index (κ1) is 22.3. The average Bonchev–Trinajstić information content (AvgIpc) is 2.62. The molecule has 0 aliphatic carbocycles. The minimum atomic E-state index is -2.01. The standard InChI is InChI=1S/C15H26FNO10/c1-5(20)17-9-13(11(22)6(3-18)25-14(9)23)27-15-8(16)12(24-2)10(21)7(4-19)26-15/h6-15,18-19,21-23H,3-4H2,1-2H3,(H,17,20)/t6-,7-,8-,9-,10+,11-,12-,13-,14-,15+/m1/s1. The number of nitrogens with one attached hydrogen (secondary N) is 1. The molecule has 2 aliphatic rings. The van der Waals surface area contributed by atoms with E-state index in [0.717, 1.165) is 14.0 Å². The van der Waals surface area contributed by atoms with Crippen molar-refractivity contribution in [3.05, 3.63) is 0 Å². The Balaban J connectivity index is 2.24. The molecule has 12 heteroatoms. The first-order chi connectivity index (χ1) is 12.7. The van der Waals surface area contributed by atoms with E-state index in [4.69, 9.17) is 18.9 Å². The van der Waals surface area contributed by atoms with Gasteiger partial charge in [-0.2, -0.15) is 0 Å². The van der Waals surface area contributed by atoms with Crippen LogP contribution >= 0.6 is 0 Å². The topological polar surface area (TPSA) is 167 Å². The van der Waals surface area contributed by atoms with Crippen molar-refractivity contribution in [1.29, 1.82) is 0 Å². The molecule has 0 aromatic carbocycles. The highest BCUT2D eigenvalue weighted by Gasteiger charge is 2.52. The van der Waals surface area contributed by atoms with E-state index in [1.54, 1.807) is 0 Å². The normalized spacial score (nSPS) is 45.5. The van der Waals surface area contributed by atoms with Gasteiger partial charge in [0.05, 0.1) is 13.2 Å². The van der Waals surface area contributed by atoms with Crippen LogP contribution in [0.5, 0.6) is 0 Å². The molecule has 158 valence electrons. The minimum Gasteiger partial charge on any atom is -0.394 e. The second-order valence-electron chi connectivity index (χ2n) is 6.43. The maximum Gasteiger partial charge on any atom is 0.217 e. The number of hydrogen-bond acceptors (Lipinski definition) is 10. The summed E-state index contributed by atoms with van der Waals surface area (Å²) < 4.78 is 35.3. The molecule has 0 aromatic heterocycles. The molecule has 0 radical (unpaired) electrons. The molecule has 2 heterocycles. The van der Waals surface area contributed by atoms with Gasteiger partial charge in [-0.15, -0.1) is 0 Å². The number of halogens is 1. The zero-order chi connectivity index (χ0) is 20.3. The zero-order valence-corrected chi connectivity index (χ0v) is 14.8. The molecule has 0 spiro atoms. The quantitative estimate of drug-likeness (QED) is 0.262. The molecule has 27 heavy (non-hydrogen) atoms. The molecule has 6 N–H and O–H groups in total.